The zero-order valence-corrected chi connectivity index (χ0v) is 18.5. The monoisotopic (exact) mass is 454 g/mol. The molecule has 2 rings (SSSR count). The predicted octanol–water partition coefficient (Wildman–Crippen LogP) is 1.53. The lowest BCUT2D eigenvalue weighted by Crippen LogP contribution is -2.57. The number of barbiturate groups is 1. The summed E-state index contributed by atoms with van der Waals surface area (Å²) < 4.78 is 28.6. The summed E-state index contributed by atoms with van der Waals surface area (Å²) in [5, 5.41) is 5.76. The van der Waals surface area contributed by atoms with Crippen molar-refractivity contribution >= 4 is 37.3 Å². The van der Waals surface area contributed by atoms with Gasteiger partial charge in [0.25, 0.3) is 11.8 Å². The van der Waals surface area contributed by atoms with Gasteiger partial charge in [0, 0.05) is 14.1 Å². The fourth-order valence-corrected chi connectivity index (χ4v) is 3.59. The summed E-state index contributed by atoms with van der Waals surface area (Å²) in [7, 11) is -2.15. The minimum absolute atomic E-state index is 0.105. The van der Waals surface area contributed by atoms with Gasteiger partial charge in [-0.3, -0.25) is 28.8 Å². The lowest BCUT2D eigenvalue weighted by Gasteiger charge is -2.28. The van der Waals surface area contributed by atoms with Crippen molar-refractivity contribution in [1.82, 2.24) is 14.9 Å². The number of nitrogens with zero attached hydrogens (tertiary/aromatic N) is 3. The molecule has 1 N–H and O–H groups in total. The number of urea groups is 1. The summed E-state index contributed by atoms with van der Waals surface area (Å²) in [6, 6.07) is 5.83. The number of ether oxygens (including phenoxy) is 1. The van der Waals surface area contributed by atoms with Crippen LogP contribution in [0.25, 0.3) is 0 Å². The molecule has 0 bridgehead atoms. The molecule has 1 heterocycles. The average Bonchev–Trinajstić information content (AvgIpc) is 2.71. The summed E-state index contributed by atoms with van der Waals surface area (Å²) in [5.74, 6) is -2.73. The maximum atomic E-state index is 13.3. The topological polar surface area (TPSA) is 144 Å². The molecule has 1 fully saturated rings. The molecule has 4 amide bonds. The molecule has 0 saturated carbocycles. The van der Waals surface area contributed by atoms with Crippen LogP contribution in [0.15, 0.2) is 35.5 Å². The molecule has 2 atom stereocenters. The van der Waals surface area contributed by atoms with Crippen molar-refractivity contribution in [2.75, 3.05) is 14.1 Å². The third-order valence-corrected chi connectivity index (χ3v) is 5.31. The number of para-hydroxylation sites is 1. The summed E-state index contributed by atoms with van der Waals surface area (Å²) in [6.45, 7) is 4.64. The molecule has 1 aliphatic rings. The molecule has 1 saturated heterocycles. The maximum absolute atomic E-state index is 13.3. The summed E-state index contributed by atoms with van der Waals surface area (Å²) in [5.41, 5.74) is -0.791. The summed E-state index contributed by atoms with van der Waals surface area (Å²) in [4.78, 5) is 49.7. The highest BCUT2D eigenvalue weighted by atomic mass is 31.2. The Morgan fingerprint density at radius 1 is 1.03 bits per heavy atom. The zero-order chi connectivity index (χ0) is 23.3. The number of oxime groups is 1. The van der Waals surface area contributed by atoms with Gasteiger partial charge in [0.2, 0.25) is 5.71 Å². The highest BCUT2D eigenvalue weighted by molar-refractivity contribution is 7.52. The van der Waals surface area contributed by atoms with Crippen LogP contribution in [0, 0.1) is 0 Å². The van der Waals surface area contributed by atoms with Gasteiger partial charge in [-0.25, -0.2) is 9.36 Å². The first kappa shape index (κ1) is 24.0. The number of amides is 4. The lowest BCUT2D eigenvalue weighted by atomic mass is 10.2. The van der Waals surface area contributed by atoms with Gasteiger partial charge >= 0.3 is 19.7 Å². The molecule has 0 spiro atoms. The van der Waals surface area contributed by atoms with Crippen LogP contribution in [0.3, 0.4) is 0 Å². The second-order valence-corrected chi connectivity index (χ2v) is 8.37. The maximum Gasteiger partial charge on any atom is 0.533 e. The number of rotatable bonds is 8. The zero-order valence-electron chi connectivity index (χ0n) is 17.6. The average molecular weight is 454 g/mol. The number of hydrogen-bond donors (Lipinski definition) is 1. The van der Waals surface area contributed by atoms with Crippen LogP contribution < -0.4 is 9.61 Å². The van der Waals surface area contributed by atoms with Crippen molar-refractivity contribution < 1.29 is 37.6 Å². The third-order valence-electron chi connectivity index (χ3n) is 3.85. The van der Waals surface area contributed by atoms with Gasteiger partial charge in [-0.15, -0.1) is 0 Å². The number of benzene rings is 1. The van der Waals surface area contributed by atoms with Gasteiger partial charge in [0.15, 0.2) is 0 Å². The van der Waals surface area contributed by atoms with Crippen molar-refractivity contribution in [1.29, 1.82) is 0 Å². The number of carbonyl (C=O) groups is 4. The first-order valence-electron chi connectivity index (χ1n) is 9.15. The molecule has 0 aromatic heterocycles. The Hall–Kier alpha value is -3.24. The van der Waals surface area contributed by atoms with E-state index in [0.29, 0.717) is 9.80 Å². The molecule has 0 unspecified atom stereocenters. The van der Waals surface area contributed by atoms with E-state index in [1.807, 2.05) is 0 Å². The van der Waals surface area contributed by atoms with Crippen molar-refractivity contribution in [3.63, 3.8) is 0 Å². The van der Waals surface area contributed by atoms with E-state index in [-0.39, 0.29) is 5.75 Å². The predicted molar refractivity (Wildman–Crippen MR) is 108 cm³/mol. The second-order valence-electron chi connectivity index (χ2n) is 6.77. The number of esters is 1. The van der Waals surface area contributed by atoms with Gasteiger partial charge in [-0.1, -0.05) is 23.4 Å². The van der Waals surface area contributed by atoms with E-state index >= 15 is 0 Å². The van der Waals surface area contributed by atoms with E-state index in [4.69, 9.17) is 13.9 Å². The van der Waals surface area contributed by atoms with Gasteiger partial charge in [-0.2, -0.15) is 5.09 Å². The van der Waals surface area contributed by atoms with Gasteiger partial charge in [-0.05, 0) is 32.9 Å². The smallest absolute Gasteiger partial charge is 0.462 e. The number of hydrogen-bond acceptors (Lipinski definition) is 9. The Labute approximate surface area is 178 Å². The minimum Gasteiger partial charge on any atom is -0.462 e. The first-order chi connectivity index (χ1) is 14.4. The van der Waals surface area contributed by atoms with Crippen LogP contribution in [0.1, 0.15) is 20.8 Å². The van der Waals surface area contributed by atoms with E-state index in [1.54, 1.807) is 32.0 Å². The highest BCUT2D eigenvalue weighted by Crippen LogP contribution is 2.45. The van der Waals surface area contributed by atoms with Crippen LogP contribution in [-0.2, 0) is 28.3 Å². The van der Waals surface area contributed by atoms with Crippen molar-refractivity contribution in [3.05, 3.63) is 30.3 Å². The fourth-order valence-electron chi connectivity index (χ4n) is 2.29. The molecule has 1 aromatic carbocycles. The van der Waals surface area contributed by atoms with Gasteiger partial charge < -0.3 is 9.26 Å². The van der Waals surface area contributed by atoms with Crippen molar-refractivity contribution in [2.24, 2.45) is 5.16 Å². The molecule has 168 valence electrons. The van der Waals surface area contributed by atoms with Crippen LogP contribution in [-0.4, -0.2) is 65.6 Å². The standard InChI is InChI=1S/C18H23N4O8P/c1-11(2)28-17(25)12(3)20-31(27,29-13-9-7-6-8-10-13)30-19-14-15(23)21(4)18(26)22(5)16(14)24/h6-12H,1-5H3,(H,20,27)/t12-,31+/m0/s1. The Morgan fingerprint density at radius 2 is 1.58 bits per heavy atom. The number of carbonyl (C=O) groups excluding carboxylic acids is 4. The number of imide groups is 2. The SMILES string of the molecule is CC(C)OC(=O)[C@H](C)N[P@](=O)(ON=C1C(=O)N(C)C(=O)N(C)C1=O)Oc1ccccc1. The van der Waals surface area contributed by atoms with Crippen molar-refractivity contribution in [2.45, 2.75) is 32.9 Å². The van der Waals surface area contributed by atoms with Gasteiger partial charge in [0.05, 0.1) is 6.10 Å². The first-order valence-corrected chi connectivity index (χ1v) is 10.7. The molecule has 0 aliphatic carbocycles. The fraction of sp³-hybridized carbons (Fsp3) is 0.389. The molecule has 12 nitrogen and oxygen atoms in total. The van der Waals surface area contributed by atoms with E-state index in [1.165, 1.54) is 19.1 Å². The van der Waals surface area contributed by atoms with E-state index in [9.17, 15) is 23.7 Å². The van der Waals surface area contributed by atoms with E-state index in [0.717, 1.165) is 14.1 Å². The molecule has 13 heteroatoms. The quantitative estimate of drug-likeness (QED) is 0.351. The summed E-state index contributed by atoms with van der Waals surface area (Å²) in [6.07, 6.45) is -0.423. The van der Waals surface area contributed by atoms with Crippen LogP contribution in [0.2, 0.25) is 0 Å². The van der Waals surface area contributed by atoms with E-state index < -0.39 is 49.4 Å². The van der Waals surface area contributed by atoms with Crippen LogP contribution >= 0.6 is 7.75 Å². The summed E-state index contributed by atoms with van der Waals surface area (Å²) >= 11 is 0. The Bertz CT molecular complexity index is 923. The largest absolute Gasteiger partial charge is 0.533 e. The van der Waals surface area contributed by atoms with Crippen LogP contribution in [0.5, 0.6) is 5.75 Å². The Balaban J connectivity index is 2.32. The molecule has 1 aliphatic heterocycles. The highest BCUT2D eigenvalue weighted by Gasteiger charge is 2.42. The van der Waals surface area contributed by atoms with E-state index in [2.05, 4.69) is 10.2 Å². The molecular formula is C18H23N4O8P. The van der Waals surface area contributed by atoms with Crippen molar-refractivity contribution in [3.8, 4) is 5.75 Å². The molecule has 31 heavy (non-hydrogen) atoms. The lowest BCUT2D eigenvalue weighted by molar-refractivity contribution is -0.149. The van der Waals surface area contributed by atoms with Gasteiger partial charge in [0.1, 0.15) is 11.8 Å². The Kier molecular flexibility index (Phi) is 7.53. The third kappa shape index (κ3) is 5.89. The molecule has 1 aromatic rings. The van der Waals surface area contributed by atoms with Crippen LogP contribution in [0.4, 0.5) is 4.79 Å². The minimum atomic E-state index is -4.43. The molecule has 0 radical (unpaired) electrons. The Morgan fingerprint density at radius 3 is 2.10 bits per heavy atom. The number of nitrogens with one attached hydrogen (secondary N) is 1. The molecular weight excluding hydrogens is 431 g/mol. The second kappa shape index (κ2) is 9.71. The normalized spacial score (nSPS) is 17.4.